The third kappa shape index (κ3) is 7.83. The standard InChI is InChI=1S/C23H34N4O6/c1-3-14(2)19(27-20(29)16-10-7-11-24-16)22(31)26-18(13-28)21(30)25-17(23(32)33)12-15-8-5-4-6-9-15/h4-6,8-9,14,16-19,24,28H,3,7,10-13H2,1-2H3,(H,25,30)(H,26,31)(H,27,29)(H,32,33). The third-order valence-electron chi connectivity index (χ3n) is 5.88. The first kappa shape index (κ1) is 26.3. The molecule has 0 aliphatic carbocycles. The summed E-state index contributed by atoms with van der Waals surface area (Å²) in [6, 6.07) is 4.95. The monoisotopic (exact) mass is 462 g/mol. The Morgan fingerprint density at radius 2 is 1.73 bits per heavy atom. The van der Waals surface area contributed by atoms with E-state index in [-0.39, 0.29) is 24.3 Å². The Labute approximate surface area is 193 Å². The summed E-state index contributed by atoms with van der Waals surface area (Å²) in [6.45, 7) is 3.70. The average Bonchev–Trinajstić information content (AvgIpc) is 3.35. The van der Waals surface area contributed by atoms with Gasteiger partial charge in [0.05, 0.1) is 12.6 Å². The summed E-state index contributed by atoms with van der Waals surface area (Å²) in [6.07, 6.45) is 2.21. The second kappa shape index (κ2) is 12.9. The lowest BCUT2D eigenvalue weighted by atomic mass is 9.97. The van der Waals surface area contributed by atoms with Crippen LogP contribution in [-0.4, -0.2) is 71.2 Å². The minimum atomic E-state index is -1.36. The van der Waals surface area contributed by atoms with Crippen LogP contribution in [0.3, 0.4) is 0 Å². The summed E-state index contributed by atoms with van der Waals surface area (Å²) in [7, 11) is 0. The third-order valence-corrected chi connectivity index (χ3v) is 5.88. The highest BCUT2D eigenvalue weighted by Gasteiger charge is 2.33. The fourth-order valence-electron chi connectivity index (χ4n) is 3.64. The zero-order chi connectivity index (χ0) is 24.4. The Bertz CT molecular complexity index is 812. The molecule has 0 bridgehead atoms. The van der Waals surface area contributed by atoms with Gasteiger partial charge in [-0.15, -0.1) is 0 Å². The minimum Gasteiger partial charge on any atom is -0.480 e. The first-order valence-corrected chi connectivity index (χ1v) is 11.3. The molecule has 1 fully saturated rings. The van der Waals surface area contributed by atoms with Crippen LogP contribution in [0.2, 0.25) is 0 Å². The van der Waals surface area contributed by atoms with Crippen LogP contribution >= 0.6 is 0 Å². The molecular weight excluding hydrogens is 428 g/mol. The number of carboxylic acids is 1. The van der Waals surface area contributed by atoms with Crippen molar-refractivity contribution in [3.8, 4) is 0 Å². The van der Waals surface area contributed by atoms with Gasteiger partial charge in [-0.1, -0.05) is 50.6 Å². The van der Waals surface area contributed by atoms with E-state index >= 15 is 0 Å². The van der Waals surface area contributed by atoms with Gasteiger partial charge in [0.1, 0.15) is 18.1 Å². The fraction of sp³-hybridized carbons (Fsp3) is 0.565. The number of rotatable bonds is 12. The van der Waals surface area contributed by atoms with E-state index in [1.54, 1.807) is 37.3 Å². The van der Waals surface area contributed by atoms with Gasteiger partial charge >= 0.3 is 5.97 Å². The van der Waals surface area contributed by atoms with E-state index in [0.717, 1.165) is 18.5 Å². The van der Waals surface area contributed by atoms with Crippen LogP contribution in [0.5, 0.6) is 0 Å². The van der Waals surface area contributed by atoms with Gasteiger partial charge in [-0.05, 0) is 30.9 Å². The molecule has 5 atom stereocenters. The van der Waals surface area contributed by atoms with Gasteiger partial charge in [0.25, 0.3) is 0 Å². The van der Waals surface area contributed by atoms with E-state index in [2.05, 4.69) is 21.3 Å². The Kier molecular flexibility index (Phi) is 10.3. The van der Waals surface area contributed by atoms with Gasteiger partial charge in [0.2, 0.25) is 17.7 Å². The van der Waals surface area contributed by atoms with Crippen molar-refractivity contribution in [1.29, 1.82) is 0 Å². The number of carbonyl (C=O) groups excluding carboxylic acids is 3. The molecule has 10 nitrogen and oxygen atoms in total. The van der Waals surface area contributed by atoms with Gasteiger partial charge in [0.15, 0.2) is 0 Å². The molecular formula is C23H34N4O6. The molecule has 10 heteroatoms. The zero-order valence-corrected chi connectivity index (χ0v) is 19.0. The van der Waals surface area contributed by atoms with Crippen LogP contribution in [0.4, 0.5) is 0 Å². The van der Waals surface area contributed by atoms with Gasteiger partial charge in [0, 0.05) is 6.42 Å². The van der Waals surface area contributed by atoms with Crippen LogP contribution in [0, 0.1) is 5.92 Å². The highest BCUT2D eigenvalue weighted by molar-refractivity contribution is 5.94. The maximum atomic E-state index is 12.9. The molecule has 1 aliphatic rings. The lowest BCUT2D eigenvalue weighted by molar-refractivity contribution is -0.142. The molecule has 33 heavy (non-hydrogen) atoms. The molecule has 0 saturated carbocycles. The molecule has 0 radical (unpaired) electrons. The first-order valence-electron chi connectivity index (χ1n) is 11.3. The van der Waals surface area contributed by atoms with Crippen LogP contribution in [0.15, 0.2) is 30.3 Å². The minimum absolute atomic E-state index is 0.0496. The highest BCUT2D eigenvalue weighted by atomic mass is 16.4. The number of amides is 3. The summed E-state index contributed by atoms with van der Waals surface area (Å²) in [5.41, 5.74) is 0.717. The molecule has 1 aromatic carbocycles. The Hall–Kier alpha value is -2.98. The van der Waals surface area contributed by atoms with Crippen molar-refractivity contribution >= 4 is 23.7 Å². The maximum Gasteiger partial charge on any atom is 0.326 e. The molecule has 5 unspecified atom stereocenters. The van der Waals surface area contributed by atoms with Gasteiger partial charge in [-0.25, -0.2) is 4.79 Å². The van der Waals surface area contributed by atoms with E-state index in [1.807, 2.05) is 6.92 Å². The van der Waals surface area contributed by atoms with Crippen molar-refractivity contribution in [2.75, 3.05) is 13.2 Å². The molecule has 182 valence electrons. The number of hydrogen-bond donors (Lipinski definition) is 6. The number of benzene rings is 1. The lowest BCUT2D eigenvalue weighted by Gasteiger charge is -2.27. The Morgan fingerprint density at radius 3 is 2.27 bits per heavy atom. The van der Waals surface area contributed by atoms with Crippen molar-refractivity contribution in [1.82, 2.24) is 21.3 Å². The van der Waals surface area contributed by atoms with Crippen LogP contribution < -0.4 is 21.3 Å². The summed E-state index contributed by atoms with van der Waals surface area (Å²) in [4.78, 5) is 49.7. The molecule has 6 N–H and O–H groups in total. The average molecular weight is 463 g/mol. The first-order chi connectivity index (χ1) is 15.8. The topological polar surface area (TPSA) is 157 Å². The lowest BCUT2D eigenvalue weighted by Crippen LogP contribution is -2.59. The normalized spacial score (nSPS) is 19.1. The second-order valence-electron chi connectivity index (χ2n) is 8.35. The van der Waals surface area contributed by atoms with E-state index in [9.17, 15) is 29.4 Å². The Balaban J connectivity index is 2.03. The number of aliphatic hydroxyl groups excluding tert-OH is 1. The quantitative estimate of drug-likeness (QED) is 0.246. The molecule has 1 heterocycles. The van der Waals surface area contributed by atoms with E-state index < -0.39 is 42.5 Å². The van der Waals surface area contributed by atoms with E-state index in [1.165, 1.54) is 0 Å². The van der Waals surface area contributed by atoms with Crippen molar-refractivity contribution in [2.45, 2.75) is 63.7 Å². The summed E-state index contributed by atoms with van der Waals surface area (Å²) >= 11 is 0. The second-order valence-corrected chi connectivity index (χ2v) is 8.35. The predicted octanol–water partition coefficient (Wildman–Crippen LogP) is -0.441. The van der Waals surface area contributed by atoms with Crippen LogP contribution in [-0.2, 0) is 25.6 Å². The number of aliphatic carboxylic acids is 1. The SMILES string of the molecule is CCC(C)C(NC(=O)C1CCCN1)C(=O)NC(CO)C(=O)NC(Cc1ccccc1)C(=O)O. The number of carboxylic acid groups (broad SMARTS) is 1. The maximum absolute atomic E-state index is 12.9. The van der Waals surface area contributed by atoms with Gasteiger partial charge in [-0.2, -0.15) is 0 Å². The molecule has 1 saturated heterocycles. The molecule has 3 amide bonds. The fourth-order valence-corrected chi connectivity index (χ4v) is 3.64. The van der Waals surface area contributed by atoms with Crippen molar-refractivity contribution in [3.05, 3.63) is 35.9 Å². The van der Waals surface area contributed by atoms with E-state index in [4.69, 9.17) is 0 Å². The van der Waals surface area contributed by atoms with Crippen LogP contribution in [0.25, 0.3) is 0 Å². The van der Waals surface area contributed by atoms with Gasteiger partial charge < -0.3 is 31.5 Å². The summed E-state index contributed by atoms with van der Waals surface area (Å²) in [5, 5.41) is 29.9. The van der Waals surface area contributed by atoms with Gasteiger partial charge in [-0.3, -0.25) is 14.4 Å². The predicted molar refractivity (Wildman–Crippen MR) is 121 cm³/mol. The summed E-state index contributed by atoms with van der Waals surface area (Å²) < 4.78 is 0. The van der Waals surface area contributed by atoms with E-state index in [0.29, 0.717) is 12.8 Å². The molecule has 1 aromatic rings. The smallest absolute Gasteiger partial charge is 0.326 e. The molecule has 1 aliphatic heterocycles. The number of hydrogen-bond acceptors (Lipinski definition) is 6. The molecule has 0 aromatic heterocycles. The van der Waals surface area contributed by atoms with Crippen LogP contribution in [0.1, 0.15) is 38.7 Å². The number of aliphatic hydroxyl groups is 1. The number of nitrogens with one attached hydrogen (secondary N) is 4. The summed E-state index contributed by atoms with van der Waals surface area (Å²) in [5.74, 6) is -3.17. The van der Waals surface area contributed by atoms with Crippen molar-refractivity contribution in [3.63, 3.8) is 0 Å². The van der Waals surface area contributed by atoms with Crippen molar-refractivity contribution < 1.29 is 29.4 Å². The largest absolute Gasteiger partial charge is 0.480 e. The molecule has 0 spiro atoms. The Morgan fingerprint density at radius 1 is 1.06 bits per heavy atom. The zero-order valence-electron chi connectivity index (χ0n) is 19.0. The number of carbonyl (C=O) groups is 4. The molecule has 2 rings (SSSR count). The van der Waals surface area contributed by atoms with Crippen molar-refractivity contribution in [2.24, 2.45) is 5.92 Å². The highest BCUT2D eigenvalue weighted by Crippen LogP contribution is 2.11.